The van der Waals surface area contributed by atoms with E-state index in [-0.39, 0.29) is 18.1 Å². The summed E-state index contributed by atoms with van der Waals surface area (Å²) in [4.78, 5) is 18.4. The molecule has 2 atom stereocenters. The van der Waals surface area contributed by atoms with Gasteiger partial charge in [0.25, 0.3) is 5.91 Å². The molecule has 2 N–H and O–H groups in total. The van der Waals surface area contributed by atoms with Crippen LogP contribution >= 0.6 is 15.9 Å². The zero-order chi connectivity index (χ0) is 20.4. The van der Waals surface area contributed by atoms with Crippen molar-refractivity contribution in [2.45, 2.75) is 39.1 Å². The van der Waals surface area contributed by atoms with E-state index < -0.39 is 0 Å². The molecule has 0 aliphatic carbocycles. The number of halogens is 1. The highest BCUT2D eigenvalue weighted by Gasteiger charge is 2.23. The number of hydrogen-bond donors (Lipinski definition) is 2. The second-order valence-corrected chi connectivity index (χ2v) is 8.56. The zero-order valence-electron chi connectivity index (χ0n) is 16.7. The van der Waals surface area contributed by atoms with E-state index in [1.165, 1.54) is 5.56 Å². The highest BCUT2D eigenvalue weighted by atomic mass is 79.9. The van der Waals surface area contributed by atoms with Crippen molar-refractivity contribution in [2.75, 3.05) is 13.1 Å². The second kappa shape index (κ2) is 8.69. The minimum absolute atomic E-state index is 0.114. The Balaban J connectivity index is 1.46. The minimum Gasteiger partial charge on any atom is -0.373 e. The fourth-order valence-corrected chi connectivity index (χ4v) is 4.69. The average molecular weight is 456 g/mol. The van der Waals surface area contributed by atoms with Crippen LogP contribution in [0.2, 0.25) is 0 Å². The molecule has 1 aliphatic heterocycles. The van der Waals surface area contributed by atoms with Gasteiger partial charge in [-0.15, -0.1) is 0 Å². The molecule has 2 unspecified atom stereocenters. The number of rotatable bonds is 5. The summed E-state index contributed by atoms with van der Waals surface area (Å²) in [6.45, 7) is 7.44. The van der Waals surface area contributed by atoms with Crippen LogP contribution in [-0.4, -0.2) is 41.1 Å². The van der Waals surface area contributed by atoms with Crippen molar-refractivity contribution in [3.05, 3.63) is 69.8 Å². The van der Waals surface area contributed by atoms with Crippen molar-refractivity contribution in [2.24, 2.45) is 0 Å². The Hall–Kier alpha value is -2.15. The Kier molecular flexibility index (Phi) is 6.04. The molecular weight excluding hydrogens is 430 g/mol. The molecule has 1 aromatic heterocycles. The summed E-state index contributed by atoms with van der Waals surface area (Å²) in [7, 11) is 0. The number of morpholine rings is 1. The average Bonchev–Trinajstić information content (AvgIpc) is 3.03. The number of amides is 1. The molecule has 1 fully saturated rings. The molecule has 0 bridgehead atoms. The summed E-state index contributed by atoms with van der Waals surface area (Å²) in [5.41, 5.74) is 3.88. The fraction of sp³-hybridized carbons (Fsp3) is 0.348. The highest BCUT2D eigenvalue weighted by Crippen LogP contribution is 2.27. The number of fused-ring (bicyclic) bond motifs is 1. The summed E-state index contributed by atoms with van der Waals surface area (Å²) in [6.07, 6.45) is 0.481. The topological polar surface area (TPSA) is 57.4 Å². The first-order chi connectivity index (χ1) is 14.0. The lowest BCUT2D eigenvalue weighted by molar-refractivity contribution is -0.0705. The van der Waals surface area contributed by atoms with E-state index in [2.05, 4.69) is 63.2 Å². The first-order valence-electron chi connectivity index (χ1n) is 10.00. The van der Waals surface area contributed by atoms with Gasteiger partial charge >= 0.3 is 0 Å². The Bertz CT molecular complexity index is 1010. The number of aromatic nitrogens is 1. The van der Waals surface area contributed by atoms with Gasteiger partial charge in [-0.2, -0.15) is 0 Å². The Morgan fingerprint density at radius 3 is 2.48 bits per heavy atom. The number of ether oxygens (including phenoxy) is 1. The van der Waals surface area contributed by atoms with Gasteiger partial charge in [0.1, 0.15) is 5.69 Å². The van der Waals surface area contributed by atoms with Crippen LogP contribution < -0.4 is 5.32 Å². The largest absolute Gasteiger partial charge is 0.373 e. The zero-order valence-corrected chi connectivity index (χ0v) is 18.3. The van der Waals surface area contributed by atoms with Crippen LogP contribution in [0.15, 0.2) is 53.0 Å². The van der Waals surface area contributed by atoms with Crippen LogP contribution in [0, 0.1) is 0 Å². The summed E-state index contributed by atoms with van der Waals surface area (Å²) >= 11 is 3.56. The van der Waals surface area contributed by atoms with Gasteiger partial charge in [0, 0.05) is 37.1 Å². The summed E-state index contributed by atoms with van der Waals surface area (Å²) in [5, 5.41) is 4.08. The van der Waals surface area contributed by atoms with Crippen molar-refractivity contribution in [3.8, 4) is 0 Å². The molecule has 152 valence electrons. The minimum atomic E-state index is -0.114. The number of nitrogens with zero attached hydrogens (tertiary/aromatic N) is 1. The molecule has 2 heterocycles. The van der Waals surface area contributed by atoms with Crippen LogP contribution in [-0.2, 0) is 17.8 Å². The summed E-state index contributed by atoms with van der Waals surface area (Å²) in [6, 6.07) is 16.2. The monoisotopic (exact) mass is 455 g/mol. The molecule has 3 aromatic rings. The van der Waals surface area contributed by atoms with E-state index in [1.807, 2.05) is 30.3 Å². The Morgan fingerprint density at radius 2 is 1.76 bits per heavy atom. The van der Waals surface area contributed by atoms with Crippen LogP contribution in [0.1, 0.15) is 35.5 Å². The number of carbonyl (C=O) groups excluding carboxylic acids is 1. The van der Waals surface area contributed by atoms with E-state index in [1.54, 1.807) is 0 Å². The molecule has 1 aliphatic rings. The van der Waals surface area contributed by atoms with Gasteiger partial charge in [-0.3, -0.25) is 9.69 Å². The maximum atomic E-state index is 12.8. The molecular formula is C23H26BrN3O2. The first kappa shape index (κ1) is 20.1. The lowest BCUT2D eigenvalue weighted by Gasteiger charge is -2.35. The molecule has 5 nitrogen and oxygen atoms in total. The lowest BCUT2D eigenvalue weighted by Crippen LogP contribution is -2.45. The predicted octanol–water partition coefficient (Wildman–Crippen LogP) is 4.47. The molecule has 4 rings (SSSR count). The van der Waals surface area contributed by atoms with Crippen molar-refractivity contribution < 1.29 is 9.53 Å². The van der Waals surface area contributed by atoms with E-state index in [9.17, 15) is 4.79 Å². The quantitative estimate of drug-likeness (QED) is 0.596. The van der Waals surface area contributed by atoms with Gasteiger partial charge in [-0.05, 0) is 47.0 Å². The molecule has 0 radical (unpaired) electrons. The van der Waals surface area contributed by atoms with Gasteiger partial charge in [-0.1, -0.05) is 42.5 Å². The second-order valence-electron chi connectivity index (χ2n) is 7.76. The van der Waals surface area contributed by atoms with Crippen LogP contribution in [0.25, 0.3) is 10.9 Å². The van der Waals surface area contributed by atoms with Crippen molar-refractivity contribution in [1.29, 1.82) is 0 Å². The third-order valence-electron chi connectivity index (χ3n) is 5.32. The summed E-state index contributed by atoms with van der Waals surface area (Å²) in [5.74, 6) is -0.114. The Labute approximate surface area is 179 Å². The van der Waals surface area contributed by atoms with E-state index in [0.717, 1.165) is 40.6 Å². The number of benzene rings is 2. The standard InChI is InChI=1S/C23H26BrN3O2/c1-15-12-27(13-16(2)29-15)14-18-8-4-3-7-17(18)11-25-23(28)22-21(24)19-9-5-6-10-20(19)26-22/h3-10,15-16,26H,11-14H2,1-2H3,(H,25,28). The van der Waals surface area contributed by atoms with E-state index in [0.29, 0.717) is 12.2 Å². The van der Waals surface area contributed by atoms with Crippen molar-refractivity contribution in [1.82, 2.24) is 15.2 Å². The van der Waals surface area contributed by atoms with Gasteiger partial charge in [-0.25, -0.2) is 0 Å². The molecule has 0 spiro atoms. The molecule has 1 saturated heterocycles. The number of carbonyl (C=O) groups is 1. The SMILES string of the molecule is CC1CN(Cc2ccccc2CNC(=O)c2[nH]c3ccccc3c2Br)CC(C)O1. The third-order valence-corrected chi connectivity index (χ3v) is 6.14. The van der Waals surface area contributed by atoms with Gasteiger partial charge in [0.2, 0.25) is 0 Å². The van der Waals surface area contributed by atoms with Crippen LogP contribution in [0.5, 0.6) is 0 Å². The van der Waals surface area contributed by atoms with Crippen molar-refractivity contribution in [3.63, 3.8) is 0 Å². The first-order valence-corrected chi connectivity index (χ1v) is 10.8. The number of para-hydroxylation sites is 1. The molecule has 2 aromatic carbocycles. The smallest absolute Gasteiger partial charge is 0.269 e. The molecule has 29 heavy (non-hydrogen) atoms. The number of hydrogen-bond acceptors (Lipinski definition) is 3. The Morgan fingerprint density at radius 1 is 1.10 bits per heavy atom. The fourth-order valence-electron chi connectivity index (χ4n) is 4.07. The van der Waals surface area contributed by atoms with Crippen molar-refractivity contribution >= 4 is 32.7 Å². The maximum Gasteiger partial charge on any atom is 0.269 e. The summed E-state index contributed by atoms with van der Waals surface area (Å²) < 4.78 is 6.64. The maximum absolute atomic E-state index is 12.8. The molecule has 0 saturated carbocycles. The van der Waals surface area contributed by atoms with E-state index >= 15 is 0 Å². The molecule has 6 heteroatoms. The van der Waals surface area contributed by atoms with Gasteiger partial charge < -0.3 is 15.0 Å². The van der Waals surface area contributed by atoms with Gasteiger partial charge in [0.05, 0.1) is 16.7 Å². The highest BCUT2D eigenvalue weighted by molar-refractivity contribution is 9.10. The normalized spacial score (nSPS) is 20.1. The number of aromatic amines is 1. The predicted molar refractivity (Wildman–Crippen MR) is 119 cm³/mol. The van der Waals surface area contributed by atoms with Gasteiger partial charge in [0.15, 0.2) is 0 Å². The third kappa shape index (κ3) is 4.55. The van der Waals surface area contributed by atoms with Crippen LogP contribution in [0.4, 0.5) is 0 Å². The van der Waals surface area contributed by atoms with Crippen LogP contribution in [0.3, 0.4) is 0 Å². The van der Waals surface area contributed by atoms with E-state index in [4.69, 9.17) is 4.74 Å². The lowest BCUT2D eigenvalue weighted by atomic mass is 10.1. The number of H-pyrrole nitrogens is 1. The molecule has 1 amide bonds. The number of nitrogens with one attached hydrogen (secondary N) is 2.